The molecule has 1 aliphatic rings. The van der Waals surface area contributed by atoms with Crippen LogP contribution in [-0.4, -0.2) is 58.7 Å². The van der Waals surface area contributed by atoms with Crippen molar-refractivity contribution in [3.05, 3.63) is 42.0 Å². The first kappa shape index (κ1) is 15.9. The zero-order valence-corrected chi connectivity index (χ0v) is 13.0. The van der Waals surface area contributed by atoms with Gasteiger partial charge in [0.25, 0.3) is 5.91 Å². The number of nitrogens with zero attached hydrogens (tertiary/aromatic N) is 3. The monoisotopic (exact) mass is 328 g/mol. The number of aliphatic hydroxyl groups excluding tert-OH is 1. The summed E-state index contributed by atoms with van der Waals surface area (Å²) in [6.07, 6.45) is 3.12. The highest BCUT2D eigenvalue weighted by Gasteiger charge is 2.34. The number of nitrogens with one attached hydrogen (secondary N) is 1. The van der Waals surface area contributed by atoms with E-state index in [1.807, 2.05) is 0 Å². The van der Waals surface area contributed by atoms with Crippen LogP contribution in [0.4, 0.5) is 5.69 Å². The molecule has 2 heterocycles. The number of carbonyl (C=O) groups is 2. The van der Waals surface area contributed by atoms with Crippen LogP contribution in [0.2, 0.25) is 0 Å². The van der Waals surface area contributed by atoms with Crippen LogP contribution in [0.5, 0.6) is 0 Å². The molecule has 124 valence electrons. The van der Waals surface area contributed by atoms with E-state index in [0.717, 1.165) is 10.9 Å². The van der Waals surface area contributed by atoms with Crippen LogP contribution in [0.15, 0.2) is 42.0 Å². The van der Waals surface area contributed by atoms with Gasteiger partial charge in [-0.05, 0) is 18.2 Å². The number of esters is 1. The van der Waals surface area contributed by atoms with E-state index in [9.17, 15) is 9.59 Å². The Balaban J connectivity index is 1.93. The highest BCUT2D eigenvalue weighted by molar-refractivity contribution is 6.08. The third kappa shape index (κ3) is 2.91. The molecule has 1 aliphatic heterocycles. The maximum Gasteiger partial charge on any atom is 0.337 e. The van der Waals surface area contributed by atoms with Gasteiger partial charge < -0.3 is 20.1 Å². The zero-order chi connectivity index (χ0) is 17.1. The maximum absolute atomic E-state index is 12.5. The average molecular weight is 328 g/mol. The van der Waals surface area contributed by atoms with Crippen molar-refractivity contribution in [3.8, 4) is 0 Å². The minimum atomic E-state index is -0.574. The van der Waals surface area contributed by atoms with Crippen LogP contribution in [0, 0.1) is 0 Å². The van der Waals surface area contributed by atoms with E-state index in [1.54, 1.807) is 24.4 Å². The first-order chi connectivity index (χ1) is 11.6. The standard InChI is InChI=1S/C16H16N4O4/c1-24-16(23)12-8-20(4-5-21)15(22)14(12)19-11-2-3-13-10(6-11)7-17-9-18-13/h2-3,6-7,9,19,21H,4-5,8H2,1H3. The van der Waals surface area contributed by atoms with E-state index >= 15 is 0 Å². The van der Waals surface area contributed by atoms with Gasteiger partial charge in [0.2, 0.25) is 0 Å². The zero-order valence-electron chi connectivity index (χ0n) is 13.0. The van der Waals surface area contributed by atoms with E-state index < -0.39 is 5.97 Å². The topological polar surface area (TPSA) is 105 Å². The van der Waals surface area contributed by atoms with Crippen molar-refractivity contribution < 1.29 is 19.4 Å². The third-order valence-electron chi connectivity index (χ3n) is 3.73. The minimum Gasteiger partial charge on any atom is -0.466 e. The van der Waals surface area contributed by atoms with Gasteiger partial charge in [-0.3, -0.25) is 4.79 Å². The van der Waals surface area contributed by atoms with E-state index in [-0.39, 0.29) is 36.9 Å². The lowest BCUT2D eigenvalue weighted by Crippen LogP contribution is -2.31. The van der Waals surface area contributed by atoms with Crippen molar-refractivity contribution in [2.24, 2.45) is 0 Å². The normalized spacial score (nSPS) is 14.4. The Labute approximate surface area is 137 Å². The summed E-state index contributed by atoms with van der Waals surface area (Å²) in [4.78, 5) is 33.9. The molecule has 0 spiro atoms. The molecule has 1 amide bonds. The molecule has 1 aromatic heterocycles. The van der Waals surface area contributed by atoms with Gasteiger partial charge in [-0.1, -0.05) is 0 Å². The fourth-order valence-corrected chi connectivity index (χ4v) is 2.56. The average Bonchev–Trinajstić information content (AvgIpc) is 2.91. The Bertz CT molecular complexity index is 834. The molecule has 0 radical (unpaired) electrons. The van der Waals surface area contributed by atoms with Gasteiger partial charge >= 0.3 is 5.97 Å². The number of hydrogen-bond donors (Lipinski definition) is 2. The van der Waals surface area contributed by atoms with E-state index in [4.69, 9.17) is 9.84 Å². The number of methoxy groups -OCH3 is 1. The molecule has 2 N–H and O–H groups in total. The van der Waals surface area contributed by atoms with Gasteiger partial charge in [-0.2, -0.15) is 0 Å². The second-order valence-corrected chi connectivity index (χ2v) is 5.22. The van der Waals surface area contributed by atoms with Crippen LogP contribution >= 0.6 is 0 Å². The summed E-state index contributed by atoms with van der Waals surface area (Å²) in [7, 11) is 1.26. The molecule has 1 aromatic carbocycles. The number of amides is 1. The number of hydrogen-bond acceptors (Lipinski definition) is 7. The smallest absolute Gasteiger partial charge is 0.337 e. The molecule has 24 heavy (non-hydrogen) atoms. The Morgan fingerprint density at radius 1 is 1.46 bits per heavy atom. The quantitative estimate of drug-likeness (QED) is 0.761. The number of β-amino-alcohol motifs (C(OH)–C–C–N with tert-alkyl or cyclic N) is 1. The lowest BCUT2D eigenvalue weighted by Gasteiger charge is -2.15. The second kappa shape index (κ2) is 6.63. The number of fused-ring (bicyclic) bond motifs is 1. The number of benzene rings is 1. The highest BCUT2D eigenvalue weighted by Crippen LogP contribution is 2.24. The van der Waals surface area contributed by atoms with E-state index in [0.29, 0.717) is 5.69 Å². The van der Waals surface area contributed by atoms with Crippen LogP contribution in [0.3, 0.4) is 0 Å². The molecule has 3 rings (SSSR count). The Hall–Kier alpha value is -3.00. The Morgan fingerprint density at radius 3 is 3.04 bits per heavy atom. The van der Waals surface area contributed by atoms with Crippen LogP contribution in [0.1, 0.15) is 0 Å². The molecule has 0 fully saturated rings. The van der Waals surface area contributed by atoms with Crippen molar-refractivity contribution >= 4 is 28.5 Å². The van der Waals surface area contributed by atoms with Gasteiger partial charge in [0.1, 0.15) is 12.0 Å². The summed E-state index contributed by atoms with van der Waals surface area (Å²) < 4.78 is 4.75. The number of rotatable bonds is 5. The lowest BCUT2D eigenvalue weighted by atomic mass is 10.2. The number of carbonyl (C=O) groups excluding carboxylic acids is 2. The molecule has 8 heteroatoms. The summed E-state index contributed by atoms with van der Waals surface area (Å²) >= 11 is 0. The highest BCUT2D eigenvalue weighted by atomic mass is 16.5. The third-order valence-corrected chi connectivity index (χ3v) is 3.73. The summed E-state index contributed by atoms with van der Waals surface area (Å²) in [5.74, 6) is -0.927. The second-order valence-electron chi connectivity index (χ2n) is 5.22. The first-order valence-electron chi connectivity index (χ1n) is 7.32. The molecule has 0 bridgehead atoms. The molecule has 0 unspecified atom stereocenters. The summed E-state index contributed by atoms with van der Waals surface area (Å²) in [5, 5.41) is 12.9. The molecular formula is C16H16N4O4. The van der Waals surface area contributed by atoms with Crippen LogP contribution < -0.4 is 5.32 Å². The predicted molar refractivity (Wildman–Crippen MR) is 85.9 cm³/mol. The molecule has 0 atom stereocenters. The number of aliphatic hydroxyl groups is 1. The van der Waals surface area contributed by atoms with Crippen LogP contribution in [0.25, 0.3) is 10.9 Å². The summed E-state index contributed by atoms with van der Waals surface area (Å²) in [6.45, 7) is 0.0714. The predicted octanol–water partition coefficient (Wildman–Crippen LogP) is 0.303. The number of ether oxygens (including phenoxy) is 1. The largest absolute Gasteiger partial charge is 0.466 e. The van der Waals surface area contributed by atoms with E-state index in [2.05, 4.69) is 15.3 Å². The lowest BCUT2D eigenvalue weighted by molar-refractivity contribution is -0.136. The SMILES string of the molecule is COC(=O)C1=C(Nc2ccc3ncncc3c2)C(=O)N(CCO)C1. The van der Waals surface area contributed by atoms with Crippen LogP contribution in [-0.2, 0) is 14.3 Å². The van der Waals surface area contributed by atoms with Gasteiger partial charge in [-0.25, -0.2) is 14.8 Å². The fourth-order valence-electron chi connectivity index (χ4n) is 2.56. The van der Waals surface area contributed by atoms with Gasteiger partial charge in [0.05, 0.1) is 31.4 Å². The molecule has 2 aromatic rings. The van der Waals surface area contributed by atoms with Crippen molar-refractivity contribution in [1.29, 1.82) is 0 Å². The van der Waals surface area contributed by atoms with Crippen molar-refractivity contribution in [1.82, 2.24) is 14.9 Å². The van der Waals surface area contributed by atoms with Crippen molar-refractivity contribution in [2.75, 3.05) is 32.1 Å². The van der Waals surface area contributed by atoms with Crippen molar-refractivity contribution in [2.45, 2.75) is 0 Å². The number of anilines is 1. The number of aromatic nitrogens is 2. The van der Waals surface area contributed by atoms with Gasteiger partial charge in [0, 0.05) is 23.8 Å². The molecule has 8 nitrogen and oxygen atoms in total. The maximum atomic E-state index is 12.5. The summed E-state index contributed by atoms with van der Waals surface area (Å²) in [5.41, 5.74) is 1.80. The van der Waals surface area contributed by atoms with E-state index in [1.165, 1.54) is 18.3 Å². The fraction of sp³-hybridized carbons (Fsp3) is 0.250. The molecule has 0 aliphatic carbocycles. The molecule has 0 saturated carbocycles. The molecular weight excluding hydrogens is 312 g/mol. The minimum absolute atomic E-state index is 0.102. The first-order valence-corrected chi connectivity index (χ1v) is 7.32. The Morgan fingerprint density at radius 2 is 2.29 bits per heavy atom. The summed E-state index contributed by atoms with van der Waals surface area (Å²) in [6, 6.07) is 5.35. The Kier molecular flexibility index (Phi) is 4.39. The van der Waals surface area contributed by atoms with Gasteiger partial charge in [-0.15, -0.1) is 0 Å². The molecule has 0 saturated heterocycles. The van der Waals surface area contributed by atoms with Gasteiger partial charge in [0.15, 0.2) is 0 Å². The van der Waals surface area contributed by atoms with Crippen molar-refractivity contribution in [3.63, 3.8) is 0 Å².